The van der Waals surface area contributed by atoms with Crippen molar-refractivity contribution in [1.29, 1.82) is 5.26 Å². The minimum Gasteiger partial charge on any atom is -0.343 e. The van der Waals surface area contributed by atoms with Crippen molar-refractivity contribution >= 4 is 34.7 Å². The summed E-state index contributed by atoms with van der Waals surface area (Å²) in [4.78, 5) is 25.3. The van der Waals surface area contributed by atoms with Crippen LogP contribution in [-0.2, 0) is 4.79 Å². The van der Waals surface area contributed by atoms with Crippen molar-refractivity contribution in [3.05, 3.63) is 41.3 Å². The van der Waals surface area contributed by atoms with Crippen LogP contribution in [0.2, 0.25) is 5.28 Å². The maximum absolute atomic E-state index is 13.2. The fraction of sp³-hybridized carbons (Fsp3) is 0.368. The van der Waals surface area contributed by atoms with Crippen LogP contribution < -0.4 is 9.80 Å². The van der Waals surface area contributed by atoms with Crippen molar-refractivity contribution in [3.63, 3.8) is 0 Å². The third-order valence-electron chi connectivity index (χ3n) is 5.19. The number of rotatable bonds is 3. The first-order valence-corrected chi connectivity index (χ1v) is 9.09. The Bertz CT molecular complexity index is 905. The van der Waals surface area contributed by atoms with Gasteiger partial charge in [-0.1, -0.05) is 12.5 Å². The highest BCUT2D eigenvalue weighted by atomic mass is 35.5. The van der Waals surface area contributed by atoms with E-state index >= 15 is 0 Å². The molecule has 1 aromatic heterocycles. The number of benzene rings is 1. The smallest absolute Gasteiger partial charge is 0.254 e. The molecule has 0 saturated heterocycles. The average Bonchev–Trinajstić information content (AvgIpc) is 2.61. The van der Waals surface area contributed by atoms with Crippen molar-refractivity contribution in [2.45, 2.75) is 32.2 Å². The number of nitriles is 1. The maximum atomic E-state index is 13.2. The Morgan fingerprint density at radius 3 is 2.88 bits per heavy atom. The van der Waals surface area contributed by atoms with Gasteiger partial charge in [0.1, 0.15) is 11.7 Å². The van der Waals surface area contributed by atoms with E-state index in [0.717, 1.165) is 6.54 Å². The van der Waals surface area contributed by atoms with Crippen LogP contribution in [0.1, 0.15) is 31.7 Å². The molecule has 1 amide bonds. The lowest BCUT2D eigenvalue weighted by Crippen LogP contribution is -2.52. The van der Waals surface area contributed by atoms with Gasteiger partial charge >= 0.3 is 0 Å². The summed E-state index contributed by atoms with van der Waals surface area (Å²) in [7, 11) is 0. The number of carbonyl (C=O) groups is 1. The van der Waals surface area contributed by atoms with Crippen LogP contribution in [0.4, 0.5) is 17.2 Å². The van der Waals surface area contributed by atoms with E-state index in [1.807, 2.05) is 17.9 Å². The van der Waals surface area contributed by atoms with Crippen LogP contribution >= 0.6 is 11.6 Å². The Kier molecular flexibility index (Phi) is 4.25. The van der Waals surface area contributed by atoms with Gasteiger partial charge in [-0.3, -0.25) is 9.69 Å². The Balaban J connectivity index is 1.81. The normalized spacial score (nSPS) is 19.7. The molecule has 1 aliphatic heterocycles. The van der Waals surface area contributed by atoms with Crippen molar-refractivity contribution in [2.24, 2.45) is 5.92 Å². The van der Waals surface area contributed by atoms with Crippen LogP contribution in [0.25, 0.3) is 0 Å². The second-order valence-corrected chi connectivity index (χ2v) is 7.15. The summed E-state index contributed by atoms with van der Waals surface area (Å²) in [5.41, 5.74) is 1.74. The van der Waals surface area contributed by atoms with E-state index < -0.39 is 0 Å². The minimum atomic E-state index is -0.361. The third-order valence-corrected chi connectivity index (χ3v) is 5.37. The molecule has 6 nitrogen and oxygen atoms in total. The molecule has 0 radical (unpaired) electrons. The van der Waals surface area contributed by atoms with Gasteiger partial charge in [0.05, 0.1) is 23.5 Å². The Morgan fingerprint density at radius 1 is 1.38 bits per heavy atom. The summed E-state index contributed by atoms with van der Waals surface area (Å²) < 4.78 is 0. The minimum absolute atomic E-state index is 0.0576. The molecule has 1 saturated carbocycles. The van der Waals surface area contributed by atoms with Crippen LogP contribution in [-0.4, -0.2) is 28.5 Å². The molecule has 0 unspecified atom stereocenters. The quantitative estimate of drug-likeness (QED) is 0.774. The monoisotopic (exact) mass is 367 g/mol. The highest BCUT2D eigenvalue weighted by molar-refractivity contribution is 6.28. The van der Waals surface area contributed by atoms with Crippen LogP contribution in [0, 0.1) is 17.2 Å². The Hall–Kier alpha value is -2.65. The molecule has 1 fully saturated rings. The molecule has 1 aliphatic carbocycles. The lowest BCUT2D eigenvalue weighted by atomic mass is 9.84. The maximum Gasteiger partial charge on any atom is 0.254 e. The van der Waals surface area contributed by atoms with E-state index in [1.54, 1.807) is 29.3 Å². The molecule has 2 heterocycles. The number of carbonyl (C=O) groups excluding carboxylic acids is 1. The topological polar surface area (TPSA) is 73.1 Å². The first-order valence-electron chi connectivity index (χ1n) is 8.72. The second kappa shape index (κ2) is 6.58. The second-order valence-electron chi connectivity index (χ2n) is 6.81. The molecule has 4 rings (SSSR count). The molecule has 0 N–H and O–H groups in total. The first-order chi connectivity index (χ1) is 12.6. The SMILES string of the molecule is C[C@@H]1C(=O)N(c2cccc(C#N)c2)c2cnc(Cl)nc2N1CC1CCC1. The number of aromatic nitrogens is 2. The zero-order valence-electron chi connectivity index (χ0n) is 14.4. The molecular weight excluding hydrogens is 350 g/mol. The highest BCUT2D eigenvalue weighted by Crippen LogP contribution is 2.41. The molecule has 1 atom stereocenters. The van der Waals surface area contributed by atoms with Gasteiger partial charge in [-0.25, -0.2) is 4.98 Å². The number of halogens is 1. The summed E-state index contributed by atoms with van der Waals surface area (Å²) in [6.07, 6.45) is 5.19. The van der Waals surface area contributed by atoms with Crippen molar-refractivity contribution < 1.29 is 4.79 Å². The van der Waals surface area contributed by atoms with E-state index in [-0.39, 0.29) is 17.2 Å². The zero-order chi connectivity index (χ0) is 18.3. The van der Waals surface area contributed by atoms with E-state index in [9.17, 15) is 10.1 Å². The van der Waals surface area contributed by atoms with Gasteiger partial charge in [0.15, 0.2) is 5.82 Å². The van der Waals surface area contributed by atoms with Gasteiger partial charge in [0.25, 0.3) is 5.91 Å². The van der Waals surface area contributed by atoms with Crippen molar-refractivity contribution in [2.75, 3.05) is 16.3 Å². The van der Waals surface area contributed by atoms with E-state index in [0.29, 0.717) is 28.7 Å². The van der Waals surface area contributed by atoms with Gasteiger partial charge in [-0.15, -0.1) is 0 Å². The Morgan fingerprint density at radius 2 is 2.19 bits per heavy atom. The highest BCUT2D eigenvalue weighted by Gasteiger charge is 2.39. The van der Waals surface area contributed by atoms with E-state index in [2.05, 4.69) is 16.0 Å². The van der Waals surface area contributed by atoms with Crippen LogP contribution in [0.5, 0.6) is 0 Å². The van der Waals surface area contributed by atoms with E-state index in [1.165, 1.54) is 19.3 Å². The van der Waals surface area contributed by atoms with Crippen molar-refractivity contribution in [3.8, 4) is 6.07 Å². The summed E-state index contributed by atoms with van der Waals surface area (Å²) in [5.74, 6) is 1.20. The van der Waals surface area contributed by atoms with Gasteiger partial charge in [0, 0.05) is 6.54 Å². The average molecular weight is 368 g/mol. The van der Waals surface area contributed by atoms with Gasteiger partial charge in [-0.2, -0.15) is 10.2 Å². The largest absolute Gasteiger partial charge is 0.343 e. The summed E-state index contributed by atoms with van der Waals surface area (Å²) in [6, 6.07) is 8.74. The lowest BCUT2D eigenvalue weighted by molar-refractivity contribution is -0.119. The zero-order valence-corrected chi connectivity index (χ0v) is 15.1. The molecule has 2 aromatic rings. The van der Waals surface area contributed by atoms with E-state index in [4.69, 9.17) is 11.6 Å². The van der Waals surface area contributed by atoms with Crippen molar-refractivity contribution in [1.82, 2.24) is 9.97 Å². The molecular formula is C19H18ClN5O. The summed E-state index contributed by atoms with van der Waals surface area (Å²) in [5, 5.41) is 9.34. The number of nitrogens with zero attached hydrogens (tertiary/aromatic N) is 5. The lowest BCUT2D eigenvalue weighted by Gasteiger charge is -2.43. The van der Waals surface area contributed by atoms with Gasteiger partial charge in [-0.05, 0) is 55.5 Å². The molecule has 1 aromatic carbocycles. The first kappa shape index (κ1) is 16.8. The molecule has 0 spiro atoms. The third kappa shape index (κ3) is 2.78. The number of hydrogen-bond acceptors (Lipinski definition) is 5. The molecule has 0 bridgehead atoms. The predicted molar refractivity (Wildman–Crippen MR) is 99.5 cm³/mol. The molecule has 132 valence electrons. The van der Waals surface area contributed by atoms with Crippen LogP contribution in [0.15, 0.2) is 30.5 Å². The standard InChI is InChI=1S/C19H18ClN5O/c1-12-18(26)25(15-7-3-6-14(8-15)9-21)16-10-22-19(20)23-17(16)24(12)11-13-4-2-5-13/h3,6-8,10,12-13H,2,4-5,11H2,1H3/t12-/m1/s1. The molecule has 26 heavy (non-hydrogen) atoms. The number of anilines is 3. The van der Waals surface area contributed by atoms with Crippen LogP contribution in [0.3, 0.4) is 0 Å². The number of hydrogen-bond donors (Lipinski definition) is 0. The molecule has 7 heteroatoms. The fourth-order valence-electron chi connectivity index (χ4n) is 3.52. The number of amides is 1. The summed E-state index contributed by atoms with van der Waals surface area (Å²) in [6.45, 7) is 2.68. The van der Waals surface area contributed by atoms with Gasteiger partial charge in [0.2, 0.25) is 5.28 Å². The fourth-order valence-corrected chi connectivity index (χ4v) is 3.64. The summed E-state index contributed by atoms with van der Waals surface area (Å²) >= 11 is 6.06. The number of fused-ring (bicyclic) bond motifs is 1. The molecule has 2 aliphatic rings. The Labute approximate surface area is 157 Å². The van der Waals surface area contributed by atoms with Gasteiger partial charge < -0.3 is 4.90 Å². The predicted octanol–water partition coefficient (Wildman–Crippen LogP) is 3.67.